The fourth-order valence-corrected chi connectivity index (χ4v) is 3.53. The number of sulfonamides is 1. The maximum absolute atomic E-state index is 11.8. The number of amides is 1. The zero-order chi connectivity index (χ0) is 15.3. The first kappa shape index (κ1) is 16.6. The maximum atomic E-state index is 11.8. The molecule has 1 amide bonds. The van der Waals surface area contributed by atoms with E-state index in [-0.39, 0.29) is 16.3 Å². The van der Waals surface area contributed by atoms with Crippen LogP contribution in [0, 0.1) is 0 Å². The Balaban J connectivity index is 2.71. The van der Waals surface area contributed by atoms with Gasteiger partial charge < -0.3 is 10.4 Å². The molecule has 1 aromatic rings. The van der Waals surface area contributed by atoms with Crippen molar-refractivity contribution < 1.29 is 23.1 Å². The molecule has 0 fully saturated rings. The number of anilines is 1. The molecule has 0 spiro atoms. The number of nitrogens with one attached hydrogen (secondary N) is 2. The normalized spacial score (nSPS) is 12.9. The molecule has 0 saturated carbocycles. The van der Waals surface area contributed by atoms with Crippen LogP contribution >= 0.6 is 11.3 Å². The van der Waals surface area contributed by atoms with Gasteiger partial charge in [0.2, 0.25) is 15.9 Å². The minimum Gasteiger partial charge on any atom is -0.478 e. The van der Waals surface area contributed by atoms with Crippen molar-refractivity contribution >= 4 is 38.2 Å². The lowest BCUT2D eigenvalue weighted by Crippen LogP contribution is -2.42. The van der Waals surface area contributed by atoms with Crippen molar-refractivity contribution in [1.29, 1.82) is 0 Å². The van der Waals surface area contributed by atoms with Crippen molar-refractivity contribution in [3.63, 3.8) is 0 Å². The lowest BCUT2D eigenvalue weighted by Gasteiger charge is -2.13. The first-order valence-corrected chi connectivity index (χ1v) is 8.41. The number of hydrogen-bond donors (Lipinski definition) is 3. The van der Waals surface area contributed by atoms with Gasteiger partial charge in [-0.2, -0.15) is 0 Å². The second kappa shape index (κ2) is 6.82. The Morgan fingerprint density at radius 2 is 2.10 bits per heavy atom. The predicted octanol–water partition coefficient (Wildman–Crippen LogP) is 1.10. The minimum absolute atomic E-state index is 0.0213. The molecule has 7 nitrogen and oxygen atoms in total. The van der Waals surface area contributed by atoms with Crippen molar-refractivity contribution in [3.05, 3.63) is 17.0 Å². The summed E-state index contributed by atoms with van der Waals surface area (Å²) in [5, 5.41) is 13.0. The number of carboxylic acids is 1. The molecule has 20 heavy (non-hydrogen) atoms. The van der Waals surface area contributed by atoms with Gasteiger partial charge in [0.05, 0.1) is 17.4 Å². The van der Waals surface area contributed by atoms with Gasteiger partial charge in [-0.1, -0.05) is 6.92 Å². The molecule has 1 heterocycles. The van der Waals surface area contributed by atoms with Gasteiger partial charge in [-0.3, -0.25) is 4.79 Å². The van der Waals surface area contributed by atoms with Crippen LogP contribution in [-0.2, 0) is 14.8 Å². The van der Waals surface area contributed by atoms with Gasteiger partial charge in [-0.15, -0.1) is 11.3 Å². The van der Waals surface area contributed by atoms with Crippen LogP contribution in [0.3, 0.4) is 0 Å². The Bertz CT molecular complexity index is 594. The third kappa shape index (κ3) is 4.58. The summed E-state index contributed by atoms with van der Waals surface area (Å²) < 4.78 is 25.3. The summed E-state index contributed by atoms with van der Waals surface area (Å²) in [7, 11) is -3.51. The van der Waals surface area contributed by atoms with E-state index in [1.807, 2.05) is 0 Å². The van der Waals surface area contributed by atoms with Crippen LogP contribution in [0.4, 0.5) is 5.00 Å². The Morgan fingerprint density at radius 1 is 1.45 bits per heavy atom. The fraction of sp³-hybridized carbons (Fsp3) is 0.455. The zero-order valence-corrected chi connectivity index (χ0v) is 12.7. The van der Waals surface area contributed by atoms with Crippen molar-refractivity contribution in [2.45, 2.75) is 26.3 Å². The Labute approximate surface area is 121 Å². The monoisotopic (exact) mass is 320 g/mol. The highest BCUT2D eigenvalue weighted by Gasteiger charge is 2.21. The van der Waals surface area contributed by atoms with E-state index in [9.17, 15) is 18.0 Å². The fourth-order valence-electron chi connectivity index (χ4n) is 1.45. The maximum Gasteiger partial charge on any atom is 0.338 e. The third-order valence-electron chi connectivity index (χ3n) is 2.35. The van der Waals surface area contributed by atoms with Crippen LogP contribution in [0.15, 0.2) is 11.4 Å². The third-order valence-corrected chi connectivity index (χ3v) is 4.84. The molecule has 1 aromatic heterocycles. The van der Waals surface area contributed by atoms with E-state index in [4.69, 9.17) is 5.11 Å². The number of carbonyl (C=O) groups is 2. The van der Waals surface area contributed by atoms with Crippen molar-refractivity contribution in [1.82, 2.24) is 4.72 Å². The molecule has 0 radical (unpaired) electrons. The molecule has 1 unspecified atom stereocenters. The lowest BCUT2D eigenvalue weighted by atomic mass is 10.3. The summed E-state index contributed by atoms with van der Waals surface area (Å²) in [5.41, 5.74) is -0.0213. The molecule has 1 atom stereocenters. The number of thiophene rings is 1. The molecule has 3 N–H and O–H groups in total. The molecule has 0 bridgehead atoms. The smallest absolute Gasteiger partial charge is 0.338 e. The standard InChI is InChI=1S/C11H16N2O5S2/c1-3-6-20(17,18)13-7(2)9(14)12-10-8(11(15)16)4-5-19-10/h4-5,7,13H,3,6H2,1-2H3,(H,12,14)(H,15,16). The van der Waals surface area contributed by atoms with Crippen molar-refractivity contribution in [2.24, 2.45) is 0 Å². The summed E-state index contributed by atoms with van der Waals surface area (Å²) in [6, 6.07) is 0.393. The van der Waals surface area contributed by atoms with E-state index in [2.05, 4.69) is 10.0 Å². The molecular weight excluding hydrogens is 304 g/mol. The average Bonchev–Trinajstić information content (AvgIpc) is 2.76. The van der Waals surface area contributed by atoms with Gasteiger partial charge in [0, 0.05) is 0 Å². The van der Waals surface area contributed by atoms with Gasteiger partial charge in [0.1, 0.15) is 5.00 Å². The highest BCUT2D eigenvalue weighted by atomic mass is 32.2. The first-order chi connectivity index (χ1) is 9.26. The van der Waals surface area contributed by atoms with Crippen LogP contribution in [0.25, 0.3) is 0 Å². The highest BCUT2D eigenvalue weighted by Crippen LogP contribution is 2.23. The van der Waals surface area contributed by atoms with E-state index in [1.165, 1.54) is 18.4 Å². The Kier molecular flexibility index (Phi) is 5.66. The largest absolute Gasteiger partial charge is 0.478 e. The Morgan fingerprint density at radius 3 is 2.65 bits per heavy atom. The predicted molar refractivity (Wildman–Crippen MR) is 76.6 cm³/mol. The highest BCUT2D eigenvalue weighted by molar-refractivity contribution is 7.89. The average molecular weight is 320 g/mol. The molecule has 0 aliphatic heterocycles. The first-order valence-electron chi connectivity index (χ1n) is 5.88. The number of aromatic carboxylic acids is 1. The molecule has 1 rings (SSSR count). The summed E-state index contributed by atoms with van der Waals surface area (Å²) in [5.74, 6) is -1.82. The number of carbonyl (C=O) groups excluding carboxylic acids is 1. The van der Waals surface area contributed by atoms with Gasteiger partial charge in [-0.05, 0) is 24.8 Å². The zero-order valence-electron chi connectivity index (χ0n) is 11.0. The van der Waals surface area contributed by atoms with E-state index in [0.29, 0.717) is 6.42 Å². The number of hydrogen-bond acceptors (Lipinski definition) is 5. The SMILES string of the molecule is CCCS(=O)(=O)NC(C)C(=O)Nc1sccc1C(=O)O. The summed E-state index contributed by atoms with van der Waals surface area (Å²) >= 11 is 1.06. The second-order valence-corrected chi connectivity index (χ2v) is 6.91. The summed E-state index contributed by atoms with van der Waals surface area (Å²) in [6.45, 7) is 3.12. The minimum atomic E-state index is -3.51. The van der Waals surface area contributed by atoms with Crippen molar-refractivity contribution in [3.8, 4) is 0 Å². The van der Waals surface area contributed by atoms with Gasteiger partial charge in [0.25, 0.3) is 0 Å². The molecule has 0 aliphatic carbocycles. The van der Waals surface area contributed by atoms with Crippen LogP contribution in [0.2, 0.25) is 0 Å². The van der Waals surface area contributed by atoms with Gasteiger partial charge >= 0.3 is 5.97 Å². The Hall–Kier alpha value is -1.45. The molecule has 9 heteroatoms. The molecule has 0 aromatic carbocycles. The van der Waals surface area contributed by atoms with Crippen LogP contribution < -0.4 is 10.0 Å². The molecule has 112 valence electrons. The van der Waals surface area contributed by atoms with Crippen molar-refractivity contribution in [2.75, 3.05) is 11.1 Å². The molecule has 0 aliphatic rings. The molecule has 0 saturated heterocycles. The number of rotatable bonds is 7. The van der Waals surface area contributed by atoms with Crippen LogP contribution in [-0.4, -0.2) is 37.2 Å². The van der Waals surface area contributed by atoms with Crippen LogP contribution in [0.1, 0.15) is 30.6 Å². The van der Waals surface area contributed by atoms with Gasteiger partial charge in [-0.25, -0.2) is 17.9 Å². The van der Waals surface area contributed by atoms with Gasteiger partial charge in [0.15, 0.2) is 0 Å². The summed E-state index contributed by atoms with van der Waals surface area (Å²) in [4.78, 5) is 22.7. The topological polar surface area (TPSA) is 113 Å². The number of carboxylic acid groups (broad SMARTS) is 1. The lowest BCUT2D eigenvalue weighted by molar-refractivity contribution is -0.117. The quantitative estimate of drug-likeness (QED) is 0.696. The van der Waals surface area contributed by atoms with Crippen LogP contribution in [0.5, 0.6) is 0 Å². The molecular formula is C11H16N2O5S2. The van der Waals surface area contributed by atoms with E-state index >= 15 is 0 Å². The van der Waals surface area contributed by atoms with E-state index in [1.54, 1.807) is 6.92 Å². The summed E-state index contributed by atoms with van der Waals surface area (Å²) in [6.07, 6.45) is 0.442. The van der Waals surface area contributed by atoms with E-state index in [0.717, 1.165) is 11.3 Å². The van der Waals surface area contributed by atoms with E-state index < -0.39 is 27.9 Å². The second-order valence-electron chi connectivity index (χ2n) is 4.12.